The van der Waals surface area contributed by atoms with Gasteiger partial charge in [0, 0.05) is 16.8 Å². The van der Waals surface area contributed by atoms with Crippen LogP contribution in [-0.4, -0.2) is 31.9 Å². The van der Waals surface area contributed by atoms with Crippen molar-refractivity contribution in [2.24, 2.45) is 0 Å². The fraction of sp³-hybridized carbons (Fsp3) is 0.118. The number of aromatic nitrogens is 4. The van der Waals surface area contributed by atoms with E-state index >= 15 is 0 Å². The van der Waals surface area contributed by atoms with Crippen LogP contribution in [0.1, 0.15) is 17.3 Å². The SMILES string of the molecule is CC(=O)c1ccc(NC(=O)Cn2nnc(-c3ccc(F)cc3)n2)cc1. The highest BCUT2D eigenvalue weighted by molar-refractivity contribution is 5.95. The Balaban J connectivity index is 1.63. The van der Waals surface area contributed by atoms with Crippen LogP contribution in [0.4, 0.5) is 10.1 Å². The Morgan fingerprint density at radius 1 is 1.08 bits per heavy atom. The second kappa shape index (κ2) is 7.00. The number of amides is 1. The summed E-state index contributed by atoms with van der Waals surface area (Å²) in [7, 11) is 0. The summed E-state index contributed by atoms with van der Waals surface area (Å²) in [5.74, 6) is -0.429. The van der Waals surface area contributed by atoms with Gasteiger partial charge in [-0.15, -0.1) is 10.2 Å². The molecule has 25 heavy (non-hydrogen) atoms. The zero-order valence-electron chi connectivity index (χ0n) is 13.3. The molecule has 0 atom stereocenters. The molecular formula is C17H14FN5O2. The molecule has 2 aromatic carbocycles. The number of hydrogen-bond acceptors (Lipinski definition) is 5. The number of nitrogens with one attached hydrogen (secondary N) is 1. The minimum Gasteiger partial charge on any atom is -0.324 e. The highest BCUT2D eigenvalue weighted by Gasteiger charge is 2.10. The molecule has 0 aliphatic rings. The Morgan fingerprint density at radius 2 is 1.76 bits per heavy atom. The van der Waals surface area contributed by atoms with Crippen LogP contribution in [0.25, 0.3) is 11.4 Å². The molecule has 0 unspecified atom stereocenters. The first-order valence-corrected chi connectivity index (χ1v) is 7.46. The van der Waals surface area contributed by atoms with Crippen LogP contribution in [0, 0.1) is 5.82 Å². The van der Waals surface area contributed by atoms with E-state index in [0.29, 0.717) is 22.6 Å². The number of ketones is 1. The highest BCUT2D eigenvalue weighted by Crippen LogP contribution is 2.14. The number of nitrogens with zero attached hydrogens (tertiary/aromatic N) is 4. The minimum atomic E-state index is -0.355. The zero-order chi connectivity index (χ0) is 17.8. The number of carbonyl (C=O) groups excluding carboxylic acids is 2. The number of anilines is 1. The second-order valence-electron chi connectivity index (χ2n) is 5.33. The molecule has 0 spiro atoms. The molecule has 8 heteroatoms. The lowest BCUT2D eigenvalue weighted by molar-refractivity contribution is -0.117. The van der Waals surface area contributed by atoms with Gasteiger partial charge in [0.2, 0.25) is 11.7 Å². The molecule has 1 N–H and O–H groups in total. The first kappa shape index (κ1) is 16.4. The van der Waals surface area contributed by atoms with E-state index in [0.717, 1.165) is 4.80 Å². The van der Waals surface area contributed by atoms with Crippen molar-refractivity contribution >= 4 is 17.4 Å². The quantitative estimate of drug-likeness (QED) is 0.721. The van der Waals surface area contributed by atoms with Crippen molar-refractivity contribution in [3.63, 3.8) is 0 Å². The summed E-state index contributed by atoms with van der Waals surface area (Å²) in [6.07, 6.45) is 0. The summed E-state index contributed by atoms with van der Waals surface area (Å²) in [4.78, 5) is 24.4. The molecule has 7 nitrogen and oxygen atoms in total. The molecule has 3 rings (SSSR count). The summed E-state index contributed by atoms with van der Waals surface area (Å²) in [5.41, 5.74) is 1.74. The minimum absolute atomic E-state index is 0.0435. The van der Waals surface area contributed by atoms with Crippen LogP contribution < -0.4 is 5.32 Å². The van der Waals surface area contributed by atoms with Gasteiger partial charge in [0.1, 0.15) is 12.4 Å². The van der Waals surface area contributed by atoms with Crippen LogP contribution in [0.15, 0.2) is 48.5 Å². The van der Waals surface area contributed by atoms with Gasteiger partial charge in [-0.2, -0.15) is 4.80 Å². The van der Waals surface area contributed by atoms with Gasteiger partial charge < -0.3 is 5.32 Å². The molecule has 0 aliphatic carbocycles. The van der Waals surface area contributed by atoms with E-state index in [4.69, 9.17) is 0 Å². The summed E-state index contributed by atoms with van der Waals surface area (Å²) in [6.45, 7) is 1.35. The maximum atomic E-state index is 12.9. The molecule has 0 bridgehead atoms. The predicted molar refractivity (Wildman–Crippen MR) is 88.3 cm³/mol. The number of hydrogen-bond donors (Lipinski definition) is 1. The summed E-state index contributed by atoms with van der Waals surface area (Å²) >= 11 is 0. The molecule has 1 aromatic heterocycles. The van der Waals surface area contributed by atoms with Crippen molar-refractivity contribution in [1.82, 2.24) is 20.2 Å². The Labute approximate surface area is 142 Å². The van der Waals surface area contributed by atoms with Crippen molar-refractivity contribution in [2.45, 2.75) is 13.5 Å². The average Bonchev–Trinajstić information content (AvgIpc) is 3.04. The first-order valence-electron chi connectivity index (χ1n) is 7.46. The van der Waals surface area contributed by atoms with Crippen LogP contribution in [0.5, 0.6) is 0 Å². The fourth-order valence-electron chi connectivity index (χ4n) is 2.14. The van der Waals surface area contributed by atoms with Gasteiger partial charge >= 0.3 is 0 Å². The van der Waals surface area contributed by atoms with E-state index in [2.05, 4.69) is 20.7 Å². The van der Waals surface area contributed by atoms with Gasteiger partial charge in [0.05, 0.1) is 0 Å². The van der Waals surface area contributed by atoms with E-state index in [1.807, 2.05) is 0 Å². The Kier molecular flexibility index (Phi) is 4.60. The Morgan fingerprint density at radius 3 is 2.40 bits per heavy atom. The number of tetrazole rings is 1. The van der Waals surface area contributed by atoms with E-state index in [-0.39, 0.29) is 24.1 Å². The maximum Gasteiger partial charge on any atom is 0.248 e. The predicted octanol–water partition coefficient (Wildman–Crippen LogP) is 2.32. The number of rotatable bonds is 5. The summed E-state index contributed by atoms with van der Waals surface area (Å²) in [5, 5.41) is 14.4. The molecule has 0 saturated carbocycles. The smallest absolute Gasteiger partial charge is 0.248 e. The molecule has 0 fully saturated rings. The molecule has 0 aliphatic heterocycles. The van der Waals surface area contributed by atoms with Gasteiger partial charge in [-0.1, -0.05) is 0 Å². The van der Waals surface area contributed by atoms with Gasteiger partial charge in [-0.25, -0.2) is 4.39 Å². The number of carbonyl (C=O) groups is 2. The highest BCUT2D eigenvalue weighted by atomic mass is 19.1. The zero-order valence-corrected chi connectivity index (χ0v) is 13.3. The monoisotopic (exact) mass is 339 g/mol. The normalized spacial score (nSPS) is 10.5. The van der Waals surface area contributed by atoms with Crippen molar-refractivity contribution in [2.75, 3.05) is 5.32 Å². The Hall–Kier alpha value is -3.42. The van der Waals surface area contributed by atoms with Crippen LogP contribution in [-0.2, 0) is 11.3 Å². The van der Waals surface area contributed by atoms with Crippen LogP contribution >= 0.6 is 0 Å². The summed E-state index contributed by atoms with van der Waals surface area (Å²) < 4.78 is 12.9. The number of benzene rings is 2. The second-order valence-corrected chi connectivity index (χ2v) is 5.33. The molecular weight excluding hydrogens is 325 g/mol. The van der Waals surface area contributed by atoms with Crippen LogP contribution in [0.3, 0.4) is 0 Å². The lowest BCUT2D eigenvalue weighted by Crippen LogP contribution is -2.20. The standard InChI is InChI=1S/C17H14FN5O2/c1-11(24)12-4-8-15(9-5-12)19-16(25)10-23-21-17(20-22-23)13-2-6-14(18)7-3-13/h2-9H,10H2,1H3,(H,19,25). The maximum absolute atomic E-state index is 12.9. The van der Waals surface area contributed by atoms with Crippen molar-refractivity contribution in [1.29, 1.82) is 0 Å². The van der Waals surface area contributed by atoms with Crippen molar-refractivity contribution in [3.8, 4) is 11.4 Å². The van der Waals surface area contributed by atoms with E-state index < -0.39 is 0 Å². The fourth-order valence-corrected chi connectivity index (χ4v) is 2.14. The third-order valence-corrected chi connectivity index (χ3v) is 3.42. The van der Waals surface area contributed by atoms with Crippen molar-refractivity contribution in [3.05, 3.63) is 59.9 Å². The van der Waals surface area contributed by atoms with Gasteiger partial charge in [0.25, 0.3) is 0 Å². The lowest BCUT2D eigenvalue weighted by atomic mass is 10.1. The first-order chi connectivity index (χ1) is 12.0. The average molecular weight is 339 g/mol. The topological polar surface area (TPSA) is 89.8 Å². The van der Waals surface area contributed by atoms with E-state index in [9.17, 15) is 14.0 Å². The molecule has 1 amide bonds. The largest absolute Gasteiger partial charge is 0.324 e. The molecule has 3 aromatic rings. The van der Waals surface area contributed by atoms with Crippen LogP contribution in [0.2, 0.25) is 0 Å². The third kappa shape index (κ3) is 4.11. The molecule has 0 radical (unpaired) electrons. The van der Waals surface area contributed by atoms with Gasteiger partial charge in [-0.05, 0) is 60.7 Å². The van der Waals surface area contributed by atoms with Gasteiger partial charge in [0.15, 0.2) is 5.78 Å². The Bertz CT molecular complexity index is 904. The molecule has 1 heterocycles. The molecule has 0 saturated heterocycles. The number of halogens is 1. The van der Waals surface area contributed by atoms with E-state index in [1.165, 1.54) is 31.2 Å². The number of Topliss-reactive ketones (excluding diaryl/α,β-unsaturated/α-hetero) is 1. The third-order valence-electron chi connectivity index (χ3n) is 3.42. The molecule has 126 valence electrons. The van der Waals surface area contributed by atoms with E-state index in [1.54, 1.807) is 24.3 Å². The van der Waals surface area contributed by atoms with Crippen molar-refractivity contribution < 1.29 is 14.0 Å². The summed E-state index contributed by atoms with van der Waals surface area (Å²) in [6, 6.07) is 12.2. The lowest BCUT2D eigenvalue weighted by Gasteiger charge is -2.05. The van der Waals surface area contributed by atoms with Gasteiger partial charge in [-0.3, -0.25) is 9.59 Å².